The van der Waals surface area contributed by atoms with Gasteiger partial charge in [0.05, 0.1) is 12.7 Å². The van der Waals surface area contributed by atoms with Gasteiger partial charge in [0, 0.05) is 17.0 Å². The number of furan rings is 1. The molecule has 26 heavy (non-hydrogen) atoms. The van der Waals surface area contributed by atoms with Crippen LogP contribution in [0.1, 0.15) is 25.3 Å². The van der Waals surface area contributed by atoms with Gasteiger partial charge in [-0.3, -0.25) is 9.59 Å². The van der Waals surface area contributed by atoms with E-state index in [1.165, 1.54) is 0 Å². The van der Waals surface area contributed by atoms with Gasteiger partial charge in [-0.15, -0.1) is 0 Å². The van der Waals surface area contributed by atoms with Gasteiger partial charge in [0.2, 0.25) is 0 Å². The first kappa shape index (κ1) is 16.6. The van der Waals surface area contributed by atoms with Crippen molar-refractivity contribution >= 4 is 33.6 Å². The fraction of sp³-hybridized carbons (Fsp3) is 0.333. The molecule has 0 spiro atoms. The van der Waals surface area contributed by atoms with Crippen molar-refractivity contribution in [3.8, 4) is 0 Å². The van der Waals surface area contributed by atoms with E-state index in [0.717, 1.165) is 40.1 Å². The maximum Gasteiger partial charge on any atom is 0.310 e. The van der Waals surface area contributed by atoms with Gasteiger partial charge in [-0.05, 0) is 42.5 Å². The van der Waals surface area contributed by atoms with Crippen LogP contribution in [-0.4, -0.2) is 24.5 Å². The van der Waals surface area contributed by atoms with Crippen molar-refractivity contribution in [3.05, 3.63) is 48.2 Å². The summed E-state index contributed by atoms with van der Waals surface area (Å²) in [5, 5.41) is 5.93. The molecule has 1 saturated carbocycles. The van der Waals surface area contributed by atoms with Crippen LogP contribution < -0.4 is 5.32 Å². The van der Waals surface area contributed by atoms with E-state index < -0.39 is 5.97 Å². The van der Waals surface area contributed by atoms with E-state index in [-0.39, 0.29) is 25.0 Å². The topological polar surface area (TPSA) is 68.5 Å². The molecule has 0 aliphatic heterocycles. The Morgan fingerprint density at radius 3 is 2.85 bits per heavy atom. The minimum Gasteiger partial charge on any atom is -0.464 e. The van der Waals surface area contributed by atoms with Gasteiger partial charge in [-0.2, -0.15) is 0 Å². The van der Waals surface area contributed by atoms with Crippen LogP contribution in [0.3, 0.4) is 0 Å². The lowest BCUT2D eigenvalue weighted by Crippen LogP contribution is -2.37. The molecule has 1 amide bonds. The van der Waals surface area contributed by atoms with Gasteiger partial charge >= 0.3 is 5.97 Å². The molecule has 5 nitrogen and oxygen atoms in total. The molecule has 0 saturated heterocycles. The third-order valence-corrected chi connectivity index (χ3v) is 4.96. The third kappa shape index (κ3) is 3.43. The van der Waals surface area contributed by atoms with Crippen LogP contribution in [0.5, 0.6) is 0 Å². The largest absolute Gasteiger partial charge is 0.464 e. The molecule has 3 aromatic rings. The summed E-state index contributed by atoms with van der Waals surface area (Å²) in [5.41, 5.74) is 1.51. The Kier molecular flexibility index (Phi) is 4.37. The molecule has 1 aliphatic rings. The minimum atomic E-state index is -0.435. The molecule has 5 heteroatoms. The fourth-order valence-electron chi connectivity index (χ4n) is 3.37. The van der Waals surface area contributed by atoms with Crippen LogP contribution in [0.15, 0.2) is 47.1 Å². The van der Waals surface area contributed by atoms with E-state index in [1.54, 1.807) is 6.26 Å². The second-order valence-corrected chi connectivity index (χ2v) is 6.95. The standard InChI is InChI=1S/C21H21NO4/c1-13(14-6-7-14)22-19(23)12-26-20(24)10-16-11-25-18-9-8-15-4-2-3-5-17(15)21(16)18/h2-5,8-9,11,13-14H,6-7,10,12H2,1H3,(H,22,23)/t13-/m0/s1. The number of hydrogen-bond acceptors (Lipinski definition) is 4. The average molecular weight is 351 g/mol. The second-order valence-electron chi connectivity index (χ2n) is 6.95. The summed E-state index contributed by atoms with van der Waals surface area (Å²) in [6.45, 7) is 1.74. The second kappa shape index (κ2) is 6.83. The molecule has 1 aliphatic carbocycles. The van der Waals surface area contributed by atoms with Gasteiger partial charge in [0.25, 0.3) is 5.91 Å². The molecule has 2 aromatic carbocycles. The van der Waals surface area contributed by atoms with E-state index in [2.05, 4.69) is 5.32 Å². The van der Waals surface area contributed by atoms with Crippen LogP contribution in [0.2, 0.25) is 0 Å². The van der Waals surface area contributed by atoms with Crippen LogP contribution in [-0.2, 0) is 20.7 Å². The van der Waals surface area contributed by atoms with E-state index in [9.17, 15) is 9.59 Å². The lowest BCUT2D eigenvalue weighted by molar-refractivity contribution is -0.148. The lowest BCUT2D eigenvalue weighted by Gasteiger charge is -2.12. The maximum absolute atomic E-state index is 12.2. The SMILES string of the molecule is C[C@H](NC(=O)COC(=O)Cc1coc2ccc3ccccc3c12)C1CC1. The summed E-state index contributed by atoms with van der Waals surface area (Å²) in [7, 11) is 0. The first-order valence-electron chi connectivity index (χ1n) is 8.94. The van der Waals surface area contributed by atoms with E-state index >= 15 is 0 Å². The molecule has 1 fully saturated rings. The summed E-state index contributed by atoms with van der Waals surface area (Å²) < 4.78 is 10.7. The van der Waals surface area contributed by atoms with Crippen LogP contribution in [0, 0.1) is 5.92 Å². The molecule has 1 N–H and O–H groups in total. The predicted molar refractivity (Wildman–Crippen MR) is 98.7 cm³/mol. The zero-order valence-electron chi connectivity index (χ0n) is 14.7. The van der Waals surface area contributed by atoms with Crippen molar-refractivity contribution < 1.29 is 18.7 Å². The third-order valence-electron chi connectivity index (χ3n) is 4.96. The van der Waals surface area contributed by atoms with E-state index in [4.69, 9.17) is 9.15 Å². The summed E-state index contributed by atoms with van der Waals surface area (Å²) >= 11 is 0. The Hall–Kier alpha value is -2.82. The number of fused-ring (bicyclic) bond motifs is 3. The molecular formula is C21H21NO4. The highest BCUT2D eigenvalue weighted by Crippen LogP contribution is 2.32. The highest BCUT2D eigenvalue weighted by atomic mass is 16.5. The van der Waals surface area contributed by atoms with Crippen molar-refractivity contribution in [1.82, 2.24) is 5.32 Å². The van der Waals surface area contributed by atoms with Crippen molar-refractivity contribution in [1.29, 1.82) is 0 Å². The Labute approximate surface area is 151 Å². The zero-order chi connectivity index (χ0) is 18.1. The first-order valence-corrected chi connectivity index (χ1v) is 8.94. The Morgan fingerprint density at radius 1 is 1.23 bits per heavy atom. The summed E-state index contributed by atoms with van der Waals surface area (Å²) in [4.78, 5) is 24.1. The molecule has 0 bridgehead atoms. The predicted octanol–water partition coefficient (Wildman–Crippen LogP) is 3.59. The number of amides is 1. The number of benzene rings is 2. The first-order chi connectivity index (χ1) is 12.6. The van der Waals surface area contributed by atoms with E-state index in [0.29, 0.717) is 5.92 Å². The van der Waals surface area contributed by atoms with Crippen molar-refractivity contribution in [3.63, 3.8) is 0 Å². The molecule has 4 rings (SSSR count). The van der Waals surface area contributed by atoms with Gasteiger partial charge in [-0.1, -0.05) is 30.3 Å². The molecule has 134 valence electrons. The number of carbonyl (C=O) groups is 2. The molecule has 1 heterocycles. The van der Waals surface area contributed by atoms with Gasteiger partial charge < -0.3 is 14.5 Å². The number of carbonyl (C=O) groups excluding carboxylic acids is 2. The highest BCUT2D eigenvalue weighted by Gasteiger charge is 2.29. The van der Waals surface area contributed by atoms with Gasteiger partial charge in [-0.25, -0.2) is 0 Å². The van der Waals surface area contributed by atoms with Crippen LogP contribution in [0.25, 0.3) is 21.7 Å². The normalized spacial score (nSPS) is 15.1. The molecule has 1 aromatic heterocycles. The number of ether oxygens (including phenoxy) is 1. The average Bonchev–Trinajstić information content (AvgIpc) is 3.42. The van der Waals surface area contributed by atoms with Gasteiger partial charge in [0.1, 0.15) is 5.58 Å². The smallest absolute Gasteiger partial charge is 0.310 e. The van der Waals surface area contributed by atoms with Crippen molar-refractivity contribution in [2.45, 2.75) is 32.2 Å². The summed E-state index contributed by atoms with van der Waals surface area (Å²) in [6, 6.07) is 12.0. The van der Waals surface area contributed by atoms with Crippen molar-refractivity contribution in [2.75, 3.05) is 6.61 Å². The Bertz CT molecular complexity index is 970. The number of hydrogen-bond donors (Lipinski definition) is 1. The monoisotopic (exact) mass is 351 g/mol. The quantitative estimate of drug-likeness (QED) is 0.689. The lowest BCUT2D eigenvalue weighted by atomic mass is 10.0. The van der Waals surface area contributed by atoms with Gasteiger partial charge in [0.15, 0.2) is 6.61 Å². The number of nitrogens with one attached hydrogen (secondary N) is 1. The Morgan fingerprint density at radius 2 is 2.04 bits per heavy atom. The minimum absolute atomic E-state index is 0.0759. The van der Waals surface area contributed by atoms with Crippen LogP contribution >= 0.6 is 0 Å². The summed E-state index contributed by atoms with van der Waals surface area (Å²) in [6.07, 6.45) is 3.98. The fourth-order valence-corrected chi connectivity index (χ4v) is 3.37. The summed E-state index contributed by atoms with van der Waals surface area (Å²) in [5.74, 6) is -0.115. The number of rotatable bonds is 6. The van der Waals surface area contributed by atoms with E-state index in [1.807, 2.05) is 43.3 Å². The molecule has 0 radical (unpaired) electrons. The highest BCUT2D eigenvalue weighted by molar-refractivity contribution is 6.08. The number of esters is 1. The molecular weight excluding hydrogens is 330 g/mol. The van der Waals surface area contributed by atoms with Crippen LogP contribution in [0.4, 0.5) is 0 Å². The Balaban J connectivity index is 1.42. The maximum atomic E-state index is 12.2. The van der Waals surface area contributed by atoms with Crippen molar-refractivity contribution in [2.24, 2.45) is 5.92 Å². The molecule has 1 atom stereocenters. The molecule has 0 unspecified atom stereocenters. The zero-order valence-corrected chi connectivity index (χ0v) is 14.7.